The summed E-state index contributed by atoms with van der Waals surface area (Å²) in [5.74, 6) is -0.306. The number of aromatic nitrogens is 2. The van der Waals surface area contributed by atoms with Crippen molar-refractivity contribution in [2.24, 2.45) is 0 Å². The van der Waals surface area contributed by atoms with Gasteiger partial charge in [-0.15, -0.1) is 0 Å². The summed E-state index contributed by atoms with van der Waals surface area (Å²) in [6, 6.07) is 9.71. The van der Waals surface area contributed by atoms with Gasteiger partial charge in [-0.3, -0.25) is 14.9 Å². The Kier molecular flexibility index (Phi) is 4.43. The zero-order valence-electron chi connectivity index (χ0n) is 12.5. The summed E-state index contributed by atoms with van der Waals surface area (Å²) in [5, 5.41) is 14.3. The van der Waals surface area contributed by atoms with E-state index >= 15 is 0 Å². The van der Waals surface area contributed by atoms with Crippen LogP contribution in [-0.4, -0.2) is 20.2 Å². The molecule has 0 bridgehead atoms. The Bertz CT molecular complexity index is 923. The van der Waals surface area contributed by atoms with Crippen LogP contribution in [0.3, 0.4) is 0 Å². The SMILES string of the molecule is O=C(Cc1ccccc1[N+](=O)[O-])NCc1cn2cc(Cl)ccc2n1. The molecule has 0 fully saturated rings. The molecule has 1 N–H and O–H groups in total. The zero-order chi connectivity index (χ0) is 17.1. The van der Waals surface area contributed by atoms with Gasteiger partial charge in [0.05, 0.1) is 28.6 Å². The van der Waals surface area contributed by atoms with Crippen LogP contribution >= 0.6 is 11.6 Å². The van der Waals surface area contributed by atoms with E-state index in [9.17, 15) is 14.9 Å². The predicted molar refractivity (Wildman–Crippen MR) is 88.8 cm³/mol. The number of halogens is 1. The van der Waals surface area contributed by atoms with Gasteiger partial charge in [-0.05, 0) is 12.1 Å². The normalized spacial score (nSPS) is 10.7. The summed E-state index contributed by atoms with van der Waals surface area (Å²) < 4.78 is 1.77. The minimum absolute atomic E-state index is 0.0592. The summed E-state index contributed by atoms with van der Waals surface area (Å²) in [6.07, 6.45) is 3.44. The quantitative estimate of drug-likeness (QED) is 0.569. The monoisotopic (exact) mass is 344 g/mol. The summed E-state index contributed by atoms with van der Waals surface area (Å²) in [6.45, 7) is 0.235. The molecule has 1 amide bonds. The van der Waals surface area contributed by atoms with E-state index in [1.54, 1.807) is 47.1 Å². The number of benzene rings is 1. The third-order valence-corrected chi connectivity index (χ3v) is 3.69. The van der Waals surface area contributed by atoms with Crippen molar-refractivity contribution in [2.45, 2.75) is 13.0 Å². The summed E-state index contributed by atoms with van der Waals surface area (Å²) in [7, 11) is 0. The molecule has 0 unspecified atom stereocenters. The average Bonchev–Trinajstić information content (AvgIpc) is 2.95. The molecular formula is C16H13ClN4O3. The first-order valence-electron chi connectivity index (χ1n) is 7.15. The van der Waals surface area contributed by atoms with Gasteiger partial charge in [-0.1, -0.05) is 29.8 Å². The first-order valence-corrected chi connectivity index (χ1v) is 7.53. The van der Waals surface area contributed by atoms with Gasteiger partial charge in [0.15, 0.2) is 0 Å². The number of rotatable bonds is 5. The number of carbonyl (C=O) groups is 1. The second-order valence-electron chi connectivity index (χ2n) is 5.18. The molecule has 7 nitrogen and oxygen atoms in total. The largest absolute Gasteiger partial charge is 0.350 e. The standard InChI is InChI=1S/C16H13ClN4O3/c17-12-5-6-15-19-13(10-20(15)9-12)8-18-16(22)7-11-3-1-2-4-14(11)21(23)24/h1-6,9-10H,7-8H2,(H,18,22). The number of nitrogens with one attached hydrogen (secondary N) is 1. The van der Waals surface area contributed by atoms with Gasteiger partial charge in [0, 0.05) is 24.0 Å². The molecular weight excluding hydrogens is 332 g/mol. The topological polar surface area (TPSA) is 89.5 Å². The minimum Gasteiger partial charge on any atom is -0.350 e. The highest BCUT2D eigenvalue weighted by atomic mass is 35.5. The fourth-order valence-electron chi connectivity index (χ4n) is 2.37. The van der Waals surface area contributed by atoms with Crippen molar-refractivity contribution in [1.82, 2.24) is 14.7 Å². The highest BCUT2D eigenvalue weighted by molar-refractivity contribution is 6.30. The lowest BCUT2D eigenvalue weighted by molar-refractivity contribution is -0.385. The minimum atomic E-state index is -0.492. The number of fused-ring (bicyclic) bond motifs is 1. The van der Waals surface area contributed by atoms with Crippen LogP contribution in [0, 0.1) is 10.1 Å². The average molecular weight is 345 g/mol. The highest BCUT2D eigenvalue weighted by Gasteiger charge is 2.15. The van der Waals surface area contributed by atoms with Crippen LogP contribution in [0.25, 0.3) is 5.65 Å². The number of nitrogens with zero attached hydrogens (tertiary/aromatic N) is 3. The number of nitro benzene ring substituents is 1. The molecule has 2 heterocycles. The summed E-state index contributed by atoms with van der Waals surface area (Å²) in [4.78, 5) is 26.9. The third-order valence-electron chi connectivity index (χ3n) is 3.47. The van der Waals surface area contributed by atoms with Crippen LogP contribution in [0.4, 0.5) is 5.69 Å². The number of imidazole rings is 1. The van der Waals surface area contributed by atoms with E-state index in [1.165, 1.54) is 6.07 Å². The van der Waals surface area contributed by atoms with Gasteiger partial charge in [0.25, 0.3) is 5.69 Å². The second kappa shape index (κ2) is 6.67. The molecule has 0 aliphatic rings. The van der Waals surface area contributed by atoms with Crippen LogP contribution in [0.5, 0.6) is 0 Å². The van der Waals surface area contributed by atoms with Crippen molar-refractivity contribution in [3.63, 3.8) is 0 Å². The zero-order valence-corrected chi connectivity index (χ0v) is 13.2. The summed E-state index contributed by atoms with van der Waals surface area (Å²) >= 11 is 5.91. The molecule has 0 saturated carbocycles. The van der Waals surface area contributed by atoms with E-state index in [2.05, 4.69) is 10.3 Å². The summed E-state index contributed by atoms with van der Waals surface area (Å²) in [5.41, 5.74) is 1.72. The molecule has 24 heavy (non-hydrogen) atoms. The number of pyridine rings is 1. The Morgan fingerprint density at radius 2 is 2.04 bits per heavy atom. The van der Waals surface area contributed by atoms with E-state index in [1.807, 2.05) is 0 Å². The van der Waals surface area contributed by atoms with E-state index in [-0.39, 0.29) is 24.6 Å². The number of para-hydroxylation sites is 1. The second-order valence-corrected chi connectivity index (χ2v) is 5.62. The molecule has 122 valence electrons. The molecule has 3 rings (SSSR count). The van der Waals surface area contributed by atoms with Crippen LogP contribution in [-0.2, 0) is 17.8 Å². The lowest BCUT2D eigenvalue weighted by Crippen LogP contribution is -2.25. The molecule has 3 aromatic rings. The van der Waals surface area contributed by atoms with E-state index < -0.39 is 4.92 Å². The van der Waals surface area contributed by atoms with Gasteiger partial charge in [0.1, 0.15) is 5.65 Å². The third kappa shape index (κ3) is 3.52. The molecule has 8 heteroatoms. The highest BCUT2D eigenvalue weighted by Crippen LogP contribution is 2.18. The van der Waals surface area contributed by atoms with E-state index in [0.29, 0.717) is 16.3 Å². The van der Waals surface area contributed by atoms with E-state index in [4.69, 9.17) is 11.6 Å². The van der Waals surface area contributed by atoms with Gasteiger partial charge in [-0.25, -0.2) is 4.98 Å². The van der Waals surface area contributed by atoms with Gasteiger partial charge in [0.2, 0.25) is 5.91 Å². The number of hydrogen-bond acceptors (Lipinski definition) is 4. The van der Waals surface area contributed by atoms with Gasteiger partial charge in [-0.2, -0.15) is 0 Å². The fourth-order valence-corrected chi connectivity index (χ4v) is 2.53. The lowest BCUT2D eigenvalue weighted by atomic mass is 10.1. The maximum absolute atomic E-state index is 12.0. The molecule has 0 atom stereocenters. The molecule has 1 aromatic carbocycles. The predicted octanol–water partition coefficient (Wildman–Crippen LogP) is 2.75. The van der Waals surface area contributed by atoms with Crippen LogP contribution in [0.15, 0.2) is 48.8 Å². The van der Waals surface area contributed by atoms with Crippen LogP contribution < -0.4 is 5.32 Å². The number of carbonyl (C=O) groups excluding carboxylic acids is 1. The first kappa shape index (κ1) is 15.9. The Balaban J connectivity index is 1.66. The molecule has 0 radical (unpaired) electrons. The van der Waals surface area contributed by atoms with Crippen molar-refractivity contribution in [1.29, 1.82) is 0 Å². The molecule has 0 saturated heterocycles. The lowest BCUT2D eigenvalue weighted by Gasteiger charge is -2.04. The van der Waals surface area contributed by atoms with Crippen molar-refractivity contribution in [3.8, 4) is 0 Å². The maximum Gasteiger partial charge on any atom is 0.273 e. The smallest absolute Gasteiger partial charge is 0.273 e. The number of nitro groups is 1. The van der Waals surface area contributed by atoms with Crippen molar-refractivity contribution in [2.75, 3.05) is 0 Å². The van der Waals surface area contributed by atoms with Crippen LogP contribution in [0.1, 0.15) is 11.3 Å². The van der Waals surface area contributed by atoms with Gasteiger partial charge < -0.3 is 9.72 Å². The number of amides is 1. The van der Waals surface area contributed by atoms with Crippen molar-refractivity contribution >= 4 is 28.8 Å². The molecule has 0 aliphatic heterocycles. The Morgan fingerprint density at radius 3 is 2.83 bits per heavy atom. The fraction of sp³-hybridized carbons (Fsp3) is 0.125. The first-order chi connectivity index (χ1) is 11.5. The van der Waals surface area contributed by atoms with Crippen molar-refractivity contribution < 1.29 is 9.72 Å². The Morgan fingerprint density at radius 1 is 1.25 bits per heavy atom. The van der Waals surface area contributed by atoms with E-state index in [0.717, 1.165) is 5.65 Å². The maximum atomic E-state index is 12.0. The van der Waals surface area contributed by atoms with Crippen LogP contribution in [0.2, 0.25) is 5.02 Å². The molecule has 0 aliphatic carbocycles. The number of hydrogen-bond donors (Lipinski definition) is 1. The Hall–Kier alpha value is -2.93. The Labute approximate surface area is 142 Å². The van der Waals surface area contributed by atoms with Crippen molar-refractivity contribution in [3.05, 3.63) is 75.2 Å². The molecule has 2 aromatic heterocycles. The molecule has 0 spiro atoms. The van der Waals surface area contributed by atoms with Gasteiger partial charge >= 0.3 is 0 Å².